The van der Waals surface area contributed by atoms with Gasteiger partial charge in [0.05, 0.1) is 18.6 Å². The molecule has 5 nitrogen and oxygen atoms in total. The lowest BCUT2D eigenvalue weighted by molar-refractivity contribution is -0.146. The molecule has 1 amide bonds. The summed E-state index contributed by atoms with van der Waals surface area (Å²) in [6, 6.07) is 6.48. The summed E-state index contributed by atoms with van der Waals surface area (Å²) in [5.41, 5.74) is 6.21. The molecule has 1 aromatic rings. The van der Waals surface area contributed by atoms with Gasteiger partial charge in [-0.15, -0.1) is 12.4 Å². The molecule has 112 valence electrons. The fraction of sp³-hybridized carbons (Fsp3) is 0.429. The van der Waals surface area contributed by atoms with E-state index in [2.05, 4.69) is 5.32 Å². The maximum atomic E-state index is 11.7. The molecule has 0 aliphatic heterocycles. The number of carbonyl (C=O) groups excluding carboxylic acids is 2. The summed E-state index contributed by atoms with van der Waals surface area (Å²) in [5.74, 6) is -0.556. The normalized spacial score (nSPS) is 12.1. The highest BCUT2D eigenvalue weighted by Gasteiger charge is 2.30. The standard InChI is InChI=1S/C14H20N2O3.ClH/c1-9(15)12(17)16-11-7-5-10(6-8-11)14(2,3)13(18)19-4;/h5-9H,15H2,1-4H3,(H,16,17);1H/t9-;/m1./s1. The van der Waals surface area contributed by atoms with Crippen LogP contribution in [-0.4, -0.2) is 25.0 Å². The molecule has 0 fully saturated rings. The number of hydrogen-bond donors (Lipinski definition) is 2. The van der Waals surface area contributed by atoms with Crippen LogP contribution in [0.25, 0.3) is 0 Å². The van der Waals surface area contributed by atoms with Crippen LogP contribution in [0.2, 0.25) is 0 Å². The minimum Gasteiger partial charge on any atom is -0.468 e. The number of amides is 1. The summed E-state index contributed by atoms with van der Waals surface area (Å²) in [4.78, 5) is 23.1. The van der Waals surface area contributed by atoms with Gasteiger partial charge in [-0.25, -0.2) is 0 Å². The molecule has 1 rings (SSSR count). The smallest absolute Gasteiger partial charge is 0.315 e. The molecule has 0 radical (unpaired) electrons. The van der Waals surface area contributed by atoms with Crippen molar-refractivity contribution in [3.05, 3.63) is 29.8 Å². The van der Waals surface area contributed by atoms with E-state index in [1.165, 1.54) is 7.11 Å². The lowest BCUT2D eigenvalue weighted by atomic mass is 9.85. The summed E-state index contributed by atoms with van der Waals surface area (Å²) < 4.78 is 4.77. The van der Waals surface area contributed by atoms with Crippen molar-refractivity contribution in [2.24, 2.45) is 5.73 Å². The number of esters is 1. The van der Waals surface area contributed by atoms with Crippen molar-refractivity contribution in [3.63, 3.8) is 0 Å². The first-order chi connectivity index (χ1) is 8.78. The van der Waals surface area contributed by atoms with Crippen LogP contribution in [-0.2, 0) is 19.7 Å². The van der Waals surface area contributed by atoms with Crippen molar-refractivity contribution < 1.29 is 14.3 Å². The van der Waals surface area contributed by atoms with E-state index >= 15 is 0 Å². The van der Waals surface area contributed by atoms with E-state index in [0.29, 0.717) is 5.69 Å². The molecule has 0 heterocycles. The Labute approximate surface area is 125 Å². The van der Waals surface area contributed by atoms with Crippen molar-refractivity contribution in [1.29, 1.82) is 0 Å². The van der Waals surface area contributed by atoms with Gasteiger partial charge in [0.15, 0.2) is 0 Å². The zero-order chi connectivity index (χ0) is 14.6. The van der Waals surface area contributed by atoms with Gasteiger partial charge >= 0.3 is 5.97 Å². The molecule has 0 aliphatic rings. The molecular formula is C14H21ClN2O3. The first kappa shape index (κ1) is 18.4. The van der Waals surface area contributed by atoms with Gasteiger partial charge in [0.2, 0.25) is 5.91 Å². The quantitative estimate of drug-likeness (QED) is 0.831. The molecule has 0 bridgehead atoms. The zero-order valence-corrected chi connectivity index (χ0v) is 12.9. The lowest BCUT2D eigenvalue weighted by Crippen LogP contribution is -2.32. The number of carbonyl (C=O) groups is 2. The molecule has 1 aromatic carbocycles. The van der Waals surface area contributed by atoms with Crippen LogP contribution in [0.4, 0.5) is 5.69 Å². The minimum atomic E-state index is -0.724. The molecule has 0 saturated carbocycles. The van der Waals surface area contributed by atoms with Crippen LogP contribution in [0.5, 0.6) is 0 Å². The minimum absolute atomic E-state index is 0. The predicted molar refractivity (Wildman–Crippen MR) is 81.0 cm³/mol. The summed E-state index contributed by atoms with van der Waals surface area (Å²) in [5, 5.41) is 2.68. The van der Waals surface area contributed by atoms with Crippen LogP contribution in [0.15, 0.2) is 24.3 Å². The van der Waals surface area contributed by atoms with Crippen LogP contribution in [0.1, 0.15) is 26.3 Å². The molecule has 6 heteroatoms. The molecule has 0 spiro atoms. The Morgan fingerprint density at radius 3 is 2.15 bits per heavy atom. The maximum absolute atomic E-state index is 11.7. The Bertz CT molecular complexity index is 470. The maximum Gasteiger partial charge on any atom is 0.315 e. The number of anilines is 1. The number of benzene rings is 1. The Morgan fingerprint density at radius 1 is 1.25 bits per heavy atom. The van der Waals surface area contributed by atoms with E-state index < -0.39 is 11.5 Å². The number of nitrogens with one attached hydrogen (secondary N) is 1. The van der Waals surface area contributed by atoms with Crippen LogP contribution in [0.3, 0.4) is 0 Å². The Morgan fingerprint density at radius 2 is 1.75 bits per heavy atom. The van der Waals surface area contributed by atoms with Gasteiger partial charge < -0.3 is 15.8 Å². The van der Waals surface area contributed by atoms with E-state index in [-0.39, 0.29) is 24.3 Å². The molecule has 3 N–H and O–H groups in total. The molecular weight excluding hydrogens is 280 g/mol. The Balaban J connectivity index is 0.00000361. The van der Waals surface area contributed by atoms with E-state index in [0.717, 1.165) is 5.56 Å². The summed E-state index contributed by atoms with van der Waals surface area (Å²) in [6.45, 7) is 5.19. The zero-order valence-electron chi connectivity index (χ0n) is 12.1. The van der Waals surface area contributed by atoms with Gasteiger partial charge in [-0.3, -0.25) is 9.59 Å². The van der Waals surface area contributed by atoms with Gasteiger partial charge in [0, 0.05) is 5.69 Å². The van der Waals surface area contributed by atoms with Crippen molar-refractivity contribution in [2.75, 3.05) is 12.4 Å². The number of hydrogen-bond acceptors (Lipinski definition) is 4. The topological polar surface area (TPSA) is 81.4 Å². The van der Waals surface area contributed by atoms with Crippen molar-refractivity contribution >= 4 is 30.0 Å². The first-order valence-electron chi connectivity index (χ1n) is 6.04. The average molecular weight is 301 g/mol. The largest absolute Gasteiger partial charge is 0.468 e. The second-order valence-electron chi connectivity index (χ2n) is 4.97. The first-order valence-corrected chi connectivity index (χ1v) is 6.04. The third-order valence-corrected chi connectivity index (χ3v) is 2.98. The molecule has 0 saturated heterocycles. The number of ether oxygens (including phenoxy) is 1. The number of halogens is 1. The van der Waals surface area contributed by atoms with E-state index in [1.54, 1.807) is 45.0 Å². The molecule has 0 unspecified atom stereocenters. The van der Waals surface area contributed by atoms with Gasteiger partial charge in [-0.1, -0.05) is 12.1 Å². The second kappa shape index (κ2) is 7.26. The van der Waals surface area contributed by atoms with E-state index in [1.807, 2.05) is 0 Å². The SMILES string of the molecule is COC(=O)C(C)(C)c1ccc(NC(=O)[C@@H](C)N)cc1.Cl. The van der Waals surface area contributed by atoms with Crippen LogP contribution >= 0.6 is 12.4 Å². The van der Waals surface area contributed by atoms with Crippen LogP contribution < -0.4 is 11.1 Å². The van der Waals surface area contributed by atoms with Gasteiger partial charge in [0.1, 0.15) is 0 Å². The van der Waals surface area contributed by atoms with Gasteiger partial charge in [0.25, 0.3) is 0 Å². The highest BCUT2D eigenvalue weighted by molar-refractivity contribution is 5.94. The van der Waals surface area contributed by atoms with Gasteiger partial charge in [-0.2, -0.15) is 0 Å². The van der Waals surface area contributed by atoms with Crippen molar-refractivity contribution in [2.45, 2.75) is 32.2 Å². The fourth-order valence-corrected chi connectivity index (χ4v) is 1.60. The monoisotopic (exact) mass is 300 g/mol. The van der Waals surface area contributed by atoms with E-state index in [4.69, 9.17) is 10.5 Å². The second-order valence-corrected chi connectivity index (χ2v) is 4.97. The third kappa shape index (κ3) is 4.21. The third-order valence-electron chi connectivity index (χ3n) is 2.98. The highest BCUT2D eigenvalue weighted by Crippen LogP contribution is 2.25. The fourth-order valence-electron chi connectivity index (χ4n) is 1.60. The average Bonchev–Trinajstić information content (AvgIpc) is 2.38. The number of methoxy groups -OCH3 is 1. The summed E-state index contributed by atoms with van der Waals surface area (Å²) in [6.07, 6.45) is 0. The van der Waals surface area contributed by atoms with E-state index in [9.17, 15) is 9.59 Å². The predicted octanol–water partition coefficient (Wildman–Crippen LogP) is 1.84. The number of rotatable bonds is 4. The summed E-state index contributed by atoms with van der Waals surface area (Å²) in [7, 11) is 1.36. The Hall–Kier alpha value is -1.59. The Kier molecular flexibility index (Phi) is 6.68. The molecule has 0 aromatic heterocycles. The molecule has 1 atom stereocenters. The summed E-state index contributed by atoms with van der Waals surface area (Å²) >= 11 is 0. The number of nitrogens with two attached hydrogens (primary N) is 1. The van der Waals surface area contributed by atoms with Crippen molar-refractivity contribution in [3.8, 4) is 0 Å². The highest BCUT2D eigenvalue weighted by atomic mass is 35.5. The lowest BCUT2D eigenvalue weighted by Gasteiger charge is -2.22. The molecule has 0 aliphatic carbocycles. The van der Waals surface area contributed by atoms with Crippen molar-refractivity contribution in [1.82, 2.24) is 0 Å². The van der Waals surface area contributed by atoms with Crippen LogP contribution in [0, 0.1) is 0 Å². The van der Waals surface area contributed by atoms with Gasteiger partial charge in [-0.05, 0) is 38.5 Å². The molecule has 20 heavy (non-hydrogen) atoms.